The predicted molar refractivity (Wildman–Crippen MR) is 179 cm³/mol. The molecule has 270 valence electrons. The molecule has 2 saturated carbocycles. The number of aromatic nitrogens is 5. The highest BCUT2D eigenvalue weighted by Gasteiger charge is 2.48. The van der Waals surface area contributed by atoms with Crippen LogP contribution in [0.4, 0.5) is 23.4 Å². The Labute approximate surface area is 284 Å². The monoisotopic (exact) mass is 711 g/mol. The van der Waals surface area contributed by atoms with Crippen LogP contribution in [0.1, 0.15) is 54.0 Å². The normalized spacial score (nSPS) is 16.9. The van der Waals surface area contributed by atoms with E-state index < -0.39 is 52.5 Å². The van der Waals surface area contributed by atoms with Crippen molar-refractivity contribution in [2.24, 2.45) is 17.8 Å². The number of hydrogen-bond acceptors (Lipinski definition) is 7. The average Bonchev–Trinajstić information content (AvgIpc) is 3.95. The number of carbonyl (C=O) groups is 2. The third kappa shape index (κ3) is 9.39. The summed E-state index contributed by atoms with van der Waals surface area (Å²) in [5.41, 5.74) is 2.08. The van der Waals surface area contributed by atoms with Crippen LogP contribution in [0.15, 0.2) is 24.4 Å². The topological polar surface area (TPSA) is 136 Å². The van der Waals surface area contributed by atoms with E-state index in [1.165, 1.54) is 24.4 Å². The molecule has 49 heavy (non-hydrogen) atoms. The quantitative estimate of drug-likeness (QED) is 0.108. The van der Waals surface area contributed by atoms with Crippen molar-refractivity contribution in [3.05, 3.63) is 47.4 Å². The molecule has 2 unspecified atom stereocenters. The van der Waals surface area contributed by atoms with E-state index in [1.807, 2.05) is 6.92 Å². The summed E-state index contributed by atoms with van der Waals surface area (Å²) in [6, 6.07) is 3.37. The highest BCUT2D eigenvalue weighted by atomic mass is 32.3. The van der Waals surface area contributed by atoms with Crippen molar-refractivity contribution in [2.45, 2.75) is 77.5 Å². The highest BCUT2D eigenvalue weighted by Crippen LogP contribution is 2.51. The molecule has 0 spiro atoms. The molecule has 0 radical (unpaired) electrons. The number of carbonyl (C=O) groups excluding carboxylic acids is 2. The van der Waals surface area contributed by atoms with Crippen LogP contribution in [0, 0.1) is 37.5 Å². The molecule has 2 aliphatic carbocycles. The fourth-order valence-corrected chi connectivity index (χ4v) is 6.74. The van der Waals surface area contributed by atoms with E-state index in [1.54, 1.807) is 11.6 Å². The van der Waals surface area contributed by atoms with Gasteiger partial charge in [0.05, 0.1) is 12.3 Å². The molecule has 0 aromatic carbocycles. The second-order valence-corrected chi connectivity index (χ2v) is 18.5. The van der Waals surface area contributed by atoms with Gasteiger partial charge in [0.15, 0.2) is 6.10 Å². The Morgan fingerprint density at radius 3 is 2.35 bits per heavy atom. The maximum absolute atomic E-state index is 15.6. The minimum atomic E-state index is -4.80. The molecule has 0 bridgehead atoms. The van der Waals surface area contributed by atoms with Crippen LogP contribution < -0.4 is 10.6 Å². The number of anilines is 1. The predicted octanol–water partition coefficient (Wildman–Crippen LogP) is 5.05. The molecule has 3 aromatic rings. The van der Waals surface area contributed by atoms with E-state index in [-0.39, 0.29) is 48.1 Å². The maximum Gasteiger partial charge on any atom is 0.414 e. The zero-order valence-corrected chi connectivity index (χ0v) is 29.2. The summed E-state index contributed by atoms with van der Waals surface area (Å²) < 4.78 is 62.7. The van der Waals surface area contributed by atoms with Gasteiger partial charge in [0.1, 0.15) is 24.3 Å². The number of aryl methyl sites for hydroxylation is 2. The summed E-state index contributed by atoms with van der Waals surface area (Å²) in [6.45, 7) is 4.08. The van der Waals surface area contributed by atoms with Gasteiger partial charge in [-0.1, -0.05) is 0 Å². The first-order chi connectivity index (χ1) is 23.0. The van der Waals surface area contributed by atoms with E-state index in [4.69, 9.17) is 4.74 Å². The zero-order chi connectivity index (χ0) is 35.7. The molecule has 2 aliphatic rings. The SMILES string of the molecule is Cc1nn(COCCS(C)(C)C)c(C)c1-c1ccc(NC(=O)C(NC(=O)c2ccnn2CCC(O)C(F)(F)F)C(C2CC2)C2CC2)nc1F. The number of hydrogen-bond donors (Lipinski definition) is 3. The lowest BCUT2D eigenvalue weighted by atomic mass is 9.88. The largest absolute Gasteiger partial charge is 0.414 e. The number of alkyl halides is 3. The molecular formula is C33H45F4N7O4S. The second-order valence-electron chi connectivity index (χ2n) is 13.9. The molecule has 0 aliphatic heterocycles. The van der Waals surface area contributed by atoms with E-state index >= 15 is 4.39 Å². The summed E-state index contributed by atoms with van der Waals surface area (Å²) in [6.07, 6.45) is 3.49. The number of ether oxygens (including phenoxy) is 1. The van der Waals surface area contributed by atoms with Gasteiger partial charge in [0.25, 0.3) is 5.91 Å². The van der Waals surface area contributed by atoms with Crippen LogP contribution in [0.25, 0.3) is 11.1 Å². The van der Waals surface area contributed by atoms with E-state index in [9.17, 15) is 27.9 Å². The molecule has 11 nitrogen and oxygen atoms in total. The van der Waals surface area contributed by atoms with Crippen molar-refractivity contribution in [1.29, 1.82) is 0 Å². The third-order valence-corrected chi connectivity index (χ3v) is 10.4. The number of nitrogens with one attached hydrogen (secondary N) is 2. The van der Waals surface area contributed by atoms with Crippen molar-refractivity contribution in [3.8, 4) is 11.1 Å². The standard InChI is InChI=1S/C33H45F4N7O4S/c1-19-27(20(2)44(42-19)18-48-16-17-49(3,4)5)23-10-11-26(39-30(23)34)40-32(47)29(28(21-6-7-21)22-8-9-22)41-31(46)24-12-14-38-43(24)15-13-25(45)33(35,36)37/h10-12,14,21-22,25,28-29,45H,6-9,13,15-18H2,1-5H3,(H,41,46)(H,39,40,47). The van der Waals surface area contributed by atoms with Gasteiger partial charge in [-0.2, -0.15) is 27.8 Å². The van der Waals surface area contributed by atoms with Crippen molar-refractivity contribution < 1.29 is 37.0 Å². The lowest BCUT2D eigenvalue weighted by molar-refractivity contribution is -0.206. The van der Waals surface area contributed by atoms with Gasteiger partial charge < -0.3 is 20.5 Å². The zero-order valence-electron chi connectivity index (χ0n) is 28.4. The molecule has 2 atom stereocenters. The van der Waals surface area contributed by atoms with Crippen LogP contribution in [0.3, 0.4) is 0 Å². The molecule has 2 fully saturated rings. The fourth-order valence-electron chi connectivity index (χ4n) is 6.12. The number of halogens is 4. The van der Waals surface area contributed by atoms with Gasteiger partial charge in [-0.05, 0) is 94.3 Å². The van der Waals surface area contributed by atoms with Gasteiger partial charge in [0.2, 0.25) is 11.9 Å². The Kier molecular flexibility index (Phi) is 11.1. The molecule has 3 heterocycles. The molecular weight excluding hydrogens is 666 g/mol. The van der Waals surface area contributed by atoms with Gasteiger partial charge in [0, 0.05) is 41.7 Å². The first kappa shape index (κ1) is 36.8. The minimum Gasteiger partial charge on any atom is -0.384 e. The van der Waals surface area contributed by atoms with Crippen LogP contribution >= 0.6 is 10.0 Å². The number of amides is 2. The molecule has 16 heteroatoms. The summed E-state index contributed by atoms with van der Waals surface area (Å²) in [5.74, 6) is -0.841. The van der Waals surface area contributed by atoms with Crippen molar-refractivity contribution in [3.63, 3.8) is 0 Å². The molecule has 0 saturated heterocycles. The third-order valence-electron chi connectivity index (χ3n) is 9.03. The van der Waals surface area contributed by atoms with E-state index in [0.29, 0.717) is 23.6 Å². The second kappa shape index (κ2) is 14.8. The Bertz CT molecular complexity index is 1630. The van der Waals surface area contributed by atoms with E-state index in [2.05, 4.69) is 44.6 Å². The number of nitrogens with zero attached hydrogens (tertiary/aromatic N) is 5. The van der Waals surface area contributed by atoms with E-state index in [0.717, 1.165) is 36.1 Å². The van der Waals surface area contributed by atoms with Gasteiger partial charge in [-0.25, -0.2) is 19.7 Å². The Morgan fingerprint density at radius 1 is 1.08 bits per heavy atom. The fraction of sp³-hybridized carbons (Fsp3) is 0.606. The van der Waals surface area contributed by atoms with Crippen LogP contribution in [-0.2, 0) is 22.8 Å². The van der Waals surface area contributed by atoms with Crippen molar-refractivity contribution in [2.75, 3.05) is 36.4 Å². The minimum absolute atomic E-state index is 0.0299. The first-order valence-corrected chi connectivity index (χ1v) is 19.4. The van der Waals surface area contributed by atoms with Crippen molar-refractivity contribution in [1.82, 2.24) is 29.9 Å². The number of pyridine rings is 1. The highest BCUT2D eigenvalue weighted by molar-refractivity contribution is 8.32. The summed E-state index contributed by atoms with van der Waals surface area (Å²) in [7, 11) is -0.699. The van der Waals surface area contributed by atoms with Crippen LogP contribution in [-0.4, -0.2) is 90.9 Å². The maximum atomic E-state index is 15.6. The Balaban J connectivity index is 1.30. The Hall–Kier alpha value is -3.50. The van der Waals surface area contributed by atoms with Gasteiger partial charge in [-0.3, -0.25) is 14.3 Å². The van der Waals surface area contributed by atoms with Crippen LogP contribution in [0.2, 0.25) is 0 Å². The smallest absolute Gasteiger partial charge is 0.384 e. The van der Waals surface area contributed by atoms with Crippen molar-refractivity contribution >= 4 is 27.7 Å². The lowest BCUT2D eigenvalue weighted by Gasteiger charge is -2.27. The summed E-state index contributed by atoms with van der Waals surface area (Å²) in [4.78, 5) is 31.3. The average molecular weight is 712 g/mol. The summed E-state index contributed by atoms with van der Waals surface area (Å²) in [5, 5.41) is 23.4. The molecule has 2 amide bonds. The molecule has 3 N–H and O–H groups in total. The number of aliphatic hydroxyl groups excluding tert-OH is 1. The number of rotatable bonds is 16. The van der Waals surface area contributed by atoms with Gasteiger partial charge in [-0.15, -0.1) is 0 Å². The Morgan fingerprint density at radius 2 is 1.76 bits per heavy atom. The van der Waals surface area contributed by atoms with Crippen LogP contribution in [0.5, 0.6) is 0 Å². The summed E-state index contributed by atoms with van der Waals surface area (Å²) >= 11 is 0. The molecule has 5 rings (SSSR count). The first-order valence-electron chi connectivity index (χ1n) is 16.4. The number of aliphatic hydroxyl groups is 1. The lowest BCUT2D eigenvalue weighted by Crippen LogP contribution is -2.50. The molecule has 3 aromatic heterocycles. The van der Waals surface area contributed by atoms with Gasteiger partial charge >= 0.3 is 6.18 Å².